The largest absolute Gasteiger partial charge is 0.494 e. The van der Waals surface area contributed by atoms with Crippen molar-refractivity contribution in [3.8, 4) is 0 Å². The van der Waals surface area contributed by atoms with Gasteiger partial charge in [0.05, 0.1) is 6.04 Å². The fraction of sp³-hybridized carbons (Fsp3) is 0.200. The third kappa shape index (κ3) is 3.53. The SMILES string of the molecule is N[C@H](COC=C(F)F)c1ccccc1. The van der Waals surface area contributed by atoms with Crippen LogP contribution in [0.3, 0.4) is 0 Å². The molecule has 0 bridgehead atoms. The molecule has 0 aliphatic rings. The predicted molar refractivity (Wildman–Crippen MR) is 49.6 cm³/mol. The summed E-state index contributed by atoms with van der Waals surface area (Å²) >= 11 is 0. The normalized spacial score (nSPS) is 11.9. The van der Waals surface area contributed by atoms with Crippen molar-refractivity contribution in [3.63, 3.8) is 0 Å². The smallest absolute Gasteiger partial charge is 0.304 e. The summed E-state index contributed by atoms with van der Waals surface area (Å²) in [5.41, 5.74) is 6.54. The third-order valence-corrected chi connectivity index (χ3v) is 1.68. The lowest BCUT2D eigenvalue weighted by Gasteiger charge is -2.10. The van der Waals surface area contributed by atoms with E-state index >= 15 is 0 Å². The number of nitrogens with two attached hydrogens (primary N) is 1. The van der Waals surface area contributed by atoms with Crippen LogP contribution >= 0.6 is 0 Å². The van der Waals surface area contributed by atoms with Gasteiger partial charge in [0.15, 0.2) is 0 Å². The fourth-order valence-electron chi connectivity index (χ4n) is 1.01. The molecule has 0 fully saturated rings. The quantitative estimate of drug-likeness (QED) is 0.756. The summed E-state index contributed by atoms with van der Waals surface area (Å²) in [6.45, 7) is 0.0430. The first-order chi connectivity index (χ1) is 6.70. The number of rotatable bonds is 4. The van der Waals surface area contributed by atoms with Crippen LogP contribution in [0.1, 0.15) is 11.6 Å². The zero-order valence-electron chi connectivity index (χ0n) is 7.49. The van der Waals surface area contributed by atoms with E-state index in [2.05, 4.69) is 4.74 Å². The minimum atomic E-state index is -1.86. The van der Waals surface area contributed by atoms with Gasteiger partial charge >= 0.3 is 6.08 Å². The van der Waals surface area contributed by atoms with Gasteiger partial charge in [-0.15, -0.1) is 0 Å². The lowest BCUT2D eigenvalue weighted by Crippen LogP contribution is -2.15. The van der Waals surface area contributed by atoms with E-state index in [-0.39, 0.29) is 12.6 Å². The van der Waals surface area contributed by atoms with Crippen molar-refractivity contribution in [3.05, 3.63) is 48.2 Å². The maximum absolute atomic E-state index is 11.6. The van der Waals surface area contributed by atoms with Crippen LogP contribution in [0.4, 0.5) is 8.78 Å². The lowest BCUT2D eigenvalue weighted by atomic mass is 10.1. The highest BCUT2D eigenvalue weighted by Gasteiger charge is 2.04. The molecule has 0 heterocycles. The average molecular weight is 199 g/mol. The molecular weight excluding hydrogens is 188 g/mol. The molecule has 0 saturated heterocycles. The second kappa shape index (κ2) is 5.34. The summed E-state index contributed by atoms with van der Waals surface area (Å²) in [6, 6.07) is 8.79. The van der Waals surface area contributed by atoms with Gasteiger partial charge in [0.2, 0.25) is 0 Å². The number of ether oxygens (including phenoxy) is 1. The standard InChI is InChI=1S/C10H11F2NO/c11-10(12)7-14-6-9(13)8-4-2-1-3-5-8/h1-5,7,9H,6,13H2/t9-/m1/s1. The van der Waals surface area contributed by atoms with Gasteiger partial charge in [0.25, 0.3) is 0 Å². The second-order valence-electron chi connectivity index (χ2n) is 2.76. The number of halogens is 2. The molecule has 0 radical (unpaired) electrons. The zero-order valence-corrected chi connectivity index (χ0v) is 7.49. The van der Waals surface area contributed by atoms with E-state index in [9.17, 15) is 8.78 Å². The minimum Gasteiger partial charge on any atom is -0.494 e. The van der Waals surface area contributed by atoms with Crippen LogP contribution in [0.5, 0.6) is 0 Å². The molecule has 1 aromatic carbocycles. The van der Waals surface area contributed by atoms with Gasteiger partial charge in [-0.1, -0.05) is 30.3 Å². The number of benzene rings is 1. The number of hydrogen-bond acceptors (Lipinski definition) is 2. The summed E-state index contributed by atoms with van der Waals surface area (Å²) in [4.78, 5) is 0. The first-order valence-electron chi connectivity index (χ1n) is 4.13. The molecule has 1 atom stereocenters. The van der Waals surface area contributed by atoms with Crippen molar-refractivity contribution in [2.24, 2.45) is 5.73 Å². The highest BCUT2D eigenvalue weighted by Crippen LogP contribution is 2.10. The van der Waals surface area contributed by atoms with Crippen LogP contribution < -0.4 is 5.73 Å². The van der Waals surface area contributed by atoms with Crippen LogP contribution in [0, 0.1) is 0 Å². The first kappa shape index (κ1) is 10.7. The van der Waals surface area contributed by atoms with Gasteiger partial charge in [0.1, 0.15) is 12.9 Å². The molecule has 4 heteroatoms. The highest BCUT2D eigenvalue weighted by molar-refractivity contribution is 5.18. The van der Waals surface area contributed by atoms with Crippen molar-refractivity contribution in [2.75, 3.05) is 6.61 Å². The van der Waals surface area contributed by atoms with Gasteiger partial charge in [-0.25, -0.2) is 0 Å². The molecule has 76 valence electrons. The Labute approximate surface area is 81.0 Å². The Morgan fingerprint density at radius 3 is 2.57 bits per heavy atom. The van der Waals surface area contributed by atoms with Gasteiger partial charge < -0.3 is 10.5 Å². The molecule has 0 spiro atoms. The highest BCUT2D eigenvalue weighted by atomic mass is 19.3. The van der Waals surface area contributed by atoms with Crippen LogP contribution in [0.25, 0.3) is 0 Å². The van der Waals surface area contributed by atoms with Crippen molar-refractivity contribution in [2.45, 2.75) is 6.04 Å². The number of hydrogen-bond donors (Lipinski definition) is 1. The fourth-order valence-corrected chi connectivity index (χ4v) is 1.01. The summed E-state index contributed by atoms with van der Waals surface area (Å²) in [5, 5.41) is 0. The van der Waals surface area contributed by atoms with Crippen LogP contribution in [0.2, 0.25) is 0 Å². The Morgan fingerprint density at radius 2 is 2.00 bits per heavy atom. The molecule has 0 amide bonds. The van der Waals surface area contributed by atoms with Crippen molar-refractivity contribution in [1.29, 1.82) is 0 Å². The van der Waals surface area contributed by atoms with Crippen molar-refractivity contribution in [1.82, 2.24) is 0 Å². The Morgan fingerprint density at radius 1 is 1.36 bits per heavy atom. The molecule has 0 aliphatic carbocycles. The Kier molecular flexibility index (Phi) is 4.07. The maximum atomic E-state index is 11.6. The van der Waals surface area contributed by atoms with Crippen molar-refractivity contribution >= 4 is 0 Å². The third-order valence-electron chi connectivity index (χ3n) is 1.68. The average Bonchev–Trinajstić information content (AvgIpc) is 2.18. The summed E-state index contributed by atoms with van der Waals surface area (Å²) < 4.78 is 27.7. The Balaban J connectivity index is 2.43. The van der Waals surface area contributed by atoms with Crippen LogP contribution in [-0.2, 0) is 4.74 Å². The topological polar surface area (TPSA) is 35.2 Å². The molecule has 0 unspecified atom stereocenters. The van der Waals surface area contributed by atoms with E-state index < -0.39 is 6.08 Å². The van der Waals surface area contributed by atoms with E-state index in [1.54, 1.807) is 0 Å². The first-order valence-corrected chi connectivity index (χ1v) is 4.13. The Hall–Kier alpha value is -1.42. The molecule has 14 heavy (non-hydrogen) atoms. The zero-order chi connectivity index (χ0) is 10.4. The van der Waals surface area contributed by atoms with Gasteiger partial charge in [-0.05, 0) is 5.56 Å². The van der Waals surface area contributed by atoms with E-state index in [1.807, 2.05) is 30.3 Å². The van der Waals surface area contributed by atoms with Crippen LogP contribution in [0.15, 0.2) is 42.7 Å². The van der Waals surface area contributed by atoms with E-state index in [1.165, 1.54) is 0 Å². The molecule has 1 aromatic rings. The summed E-state index contributed by atoms with van der Waals surface area (Å²) in [7, 11) is 0. The molecule has 2 N–H and O–H groups in total. The summed E-state index contributed by atoms with van der Waals surface area (Å²) in [5.74, 6) is 0. The van der Waals surface area contributed by atoms with Gasteiger partial charge in [0, 0.05) is 0 Å². The molecular formula is C10H11F2NO. The van der Waals surface area contributed by atoms with Crippen LogP contribution in [-0.4, -0.2) is 6.61 Å². The predicted octanol–water partition coefficient (Wildman–Crippen LogP) is 2.44. The summed E-state index contributed by atoms with van der Waals surface area (Å²) in [6.07, 6.45) is -1.45. The maximum Gasteiger partial charge on any atom is 0.304 e. The van der Waals surface area contributed by atoms with Gasteiger partial charge in [-0.2, -0.15) is 8.78 Å². The van der Waals surface area contributed by atoms with Gasteiger partial charge in [-0.3, -0.25) is 0 Å². The minimum absolute atomic E-state index is 0.0430. The monoisotopic (exact) mass is 199 g/mol. The molecule has 0 aliphatic heterocycles. The van der Waals surface area contributed by atoms with E-state index in [4.69, 9.17) is 5.73 Å². The molecule has 1 rings (SSSR count). The Bertz CT molecular complexity index is 296. The van der Waals surface area contributed by atoms with E-state index in [0.29, 0.717) is 6.26 Å². The lowest BCUT2D eigenvalue weighted by molar-refractivity contribution is 0.207. The second-order valence-corrected chi connectivity index (χ2v) is 2.76. The van der Waals surface area contributed by atoms with E-state index in [0.717, 1.165) is 5.56 Å². The molecule has 2 nitrogen and oxygen atoms in total. The molecule has 0 saturated carbocycles. The molecule has 0 aromatic heterocycles. The van der Waals surface area contributed by atoms with Crippen molar-refractivity contribution < 1.29 is 13.5 Å².